The molecule has 4 heteroatoms. The van der Waals surface area contributed by atoms with Crippen LogP contribution in [0.25, 0.3) is 0 Å². The molecule has 0 saturated heterocycles. The monoisotopic (exact) mass is 195 g/mol. The molecule has 0 heterocycles. The SMILES string of the molecule is CC#CC(=O)NC1CCC(C(=O)O)C1. The van der Waals surface area contributed by atoms with Crippen molar-refractivity contribution in [1.29, 1.82) is 0 Å². The third-order valence-electron chi connectivity index (χ3n) is 2.36. The number of amides is 1. The minimum Gasteiger partial charge on any atom is -0.481 e. The van der Waals surface area contributed by atoms with Crippen molar-refractivity contribution in [2.45, 2.75) is 32.2 Å². The van der Waals surface area contributed by atoms with Gasteiger partial charge in [-0.1, -0.05) is 5.92 Å². The summed E-state index contributed by atoms with van der Waals surface area (Å²) in [4.78, 5) is 21.7. The van der Waals surface area contributed by atoms with E-state index in [4.69, 9.17) is 5.11 Å². The third-order valence-corrected chi connectivity index (χ3v) is 2.36. The maximum atomic E-state index is 11.0. The number of carboxylic acid groups (broad SMARTS) is 1. The predicted molar refractivity (Wildman–Crippen MR) is 50.4 cm³/mol. The van der Waals surface area contributed by atoms with E-state index < -0.39 is 5.97 Å². The van der Waals surface area contributed by atoms with E-state index >= 15 is 0 Å². The van der Waals surface area contributed by atoms with Crippen LogP contribution >= 0.6 is 0 Å². The first kappa shape index (κ1) is 10.6. The standard InChI is InChI=1S/C10H13NO3/c1-2-3-9(12)11-8-5-4-7(6-8)10(13)14/h7-8H,4-6H2,1H3,(H,11,12)(H,13,14). The zero-order chi connectivity index (χ0) is 10.6. The van der Waals surface area contributed by atoms with E-state index in [0.29, 0.717) is 12.8 Å². The second-order valence-electron chi connectivity index (χ2n) is 3.39. The van der Waals surface area contributed by atoms with Crippen molar-refractivity contribution < 1.29 is 14.7 Å². The van der Waals surface area contributed by atoms with E-state index in [1.807, 2.05) is 0 Å². The van der Waals surface area contributed by atoms with Crippen LogP contribution in [0.5, 0.6) is 0 Å². The summed E-state index contributed by atoms with van der Waals surface area (Å²) < 4.78 is 0. The number of hydrogen-bond acceptors (Lipinski definition) is 2. The minimum atomic E-state index is -0.775. The molecule has 0 aromatic carbocycles. The van der Waals surface area contributed by atoms with Crippen molar-refractivity contribution in [1.82, 2.24) is 5.32 Å². The molecule has 1 saturated carbocycles. The summed E-state index contributed by atoms with van der Waals surface area (Å²) in [6, 6.07) is -0.0237. The Hall–Kier alpha value is -1.50. The summed E-state index contributed by atoms with van der Waals surface area (Å²) >= 11 is 0. The van der Waals surface area contributed by atoms with Gasteiger partial charge < -0.3 is 10.4 Å². The number of carboxylic acids is 1. The average Bonchev–Trinajstić information content (AvgIpc) is 2.53. The van der Waals surface area contributed by atoms with Crippen molar-refractivity contribution in [3.05, 3.63) is 0 Å². The number of rotatable bonds is 2. The van der Waals surface area contributed by atoms with Gasteiger partial charge in [-0.25, -0.2) is 0 Å². The van der Waals surface area contributed by atoms with Crippen molar-refractivity contribution in [2.75, 3.05) is 0 Å². The molecule has 1 fully saturated rings. The molecule has 0 spiro atoms. The van der Waals surface area contributed by atoms with Gasteiger partial charge in [0.25, 0.3) is 5.91 Å². The Labute approximate surface area is 82.7 Å². The highest BCUT2D eigenvalue weighted by atomic mass is 16.4. The lowest BCUT2D eigenvalue weighted by molar-refractivity contribution is -0.141. The molecule has 2 atom stereocenters. The molecule has 1 amide bonds. The van der Waals surface area contributed by atoms with Crippen LogP contribution in [0.3, 0.4) is 0 Å². The highest BCUT2D eigenvalue weighted by molar-refractivity contribution is 5.93. The Morgan fingerprint density at radius 2 is 2.14 bits per heavy atom. The van der Waals surface area contributed by atoms with E-state index in [9.17, 15) is 9.59 Å². The molecule has 2 unspecified atom stereocenters. The molecule has 14 heavy (non-hydrogen) atoms. The zero-order valence-electron chi connectivity index (χ0n) is 8.04. The molecular formula is C10H13NO3. The maximum absolute atomic E-state index is 11.0. The second kappa shape index (κ2) is 4.66. The lowest BCUT2D eigenvalue weighted by atomic mass is 10.1. The van der Waals surface area contributed by atoms with Crippen LogP contribution in [0.15, 0.2) is 0 Å². The van der Waals surface area contributed by atoms with Gasteiger partial charge in [-0.3, -0.25) is 9.59 Å². The minimum absolute atomic E-state index is 0.0237. The largest absolute Gasteiger partial charge is 0.481 e. The molecule has 1 aliphatic rings. The van der Waals surface area contributed by atoms with Crippen LogP contribution in [0.2, 0.25) is 0 Å². The molecule has 4 nitrogen and oxygen atoms in total. The Balaban J connectivity index is 2.38. The summed E-state index contributed by atoms with van der Waals surface area (Å²) in [5.41, 5.74) is 0. The van der Waals surface area contributed by atoms with Crippen LogP contribution < -0.4 is 5.32 Å². The van der Waals surface area contributed by atoms with Crippen molar-refractivity contribution >= 4 is 11.9 Å². The lowest BCUT2D eigenvalue weighted by Crippen LogP contribution is -2.32. The van der Waals surface area contributed by atoms with Gasteiger partial charge in [0.15, 0.2) is 0 Å². The Bertz CT molecular complexity index is 300. The lowest BCUT2D eigenvalue weighted by Gasteiger charge is -2.08. The number of hydrogen-bond donors (Lipinski definition) is 2. The Morgan fingerprint density at radius 1 is 1.43 bits per heavy atom. The topological polar surface area (TPSA) is 66.4 Å². The number of carbonyl (C=O) groups excluding carboxylic acids is 1. The van der Waals surface area contributed by atoms with Crippen LogP contribution in [0, 0.1) is 17.8 Å². The van der Waals surface area contributed by atoms with E-state index in [2.05, 4.69) is 17.2 Å². The van der Waals surface area contributed by atoms with Crippen LogP contribution in [0.1, 0.15) is 26.2 Å². The molecule has 0 aliphatic heterocycles. The van der Waals surface area contributed by atoms with Crippen molar-refractivity contribution in [3.63, 3.8) is 0 Å². The number of aliphatic carboxylic acids is 1. The van der Waals surface area contributed by atoms with Crippen molar-refractivity contribution in [2.24, 2.45) is 5.92 Å². The number of nitrogens with one attached hydrogen (secondary N) is 1. The fraction of sp³-hybridized carbons (Fsp3) is 0.600. The molecule has 1 rings (SSSR count). The van der Waals surface area contributed by atoms with E-state index in [1.165, 1.54) is 0 Å². The second-order valence-corrected chi connectivity index (χ2v) is 3.39. The third kappa shape index (κ3) is 2.77. The van der Waals surface area contributed by atoms with Gasteiger partial charge >= 0.3 is 5.97 Å². The predicted octanol–water partition coefficient (Wildman–Crippen LogP) is 0.379. The summed E-state index contributed by atoms with van der Waals surface area (Å²) in [5.74, 6) is 3.46. The molecule has 0 aromatic rings. The highest BCUT2D eigenvalue weighted by Crippen LogP contribution is 2.25. The van der Waals surface area contributed by atoms with Gasteiger partial charge in [0.1, 0.15) is 0 Å². The number of carbonyl (C=O) groups is 2. The first-order chi connectivity index (χ1) is 6.63. The molecule has 76 valence electrons. The normalized spacial score (nSPS) is 24.9. The van der Waals surface area contributed by atoms with Gasteiger partial charge in [0.2, 0.25) is 0 Å². The van der Waals surface area contributed by atoms with Crippen LogP contribution in [-0.4, -0.2) is 23.0 Å². The summed E-state index contributed by atoms with van der Waals surface area (Å²) in [6.45, 7) is 1.59. The molecule has 0 radical (unpaired) electrons. The highest BCUT2D eigenvalue weighted by Gasteiger charge is 2.30. The van der Waals surface area contributed by atoms with E-state index in [0.717, 1.165) is 6.42 Å². The van der Waals surface area contributed by atoms with Crippen LogP contribution in [0.4, 0.5) is 0 Å². The van der Waals surface area contributed by atoms with Crippen LogP contribution in [-0.2, 0) is 9.59 Å². The van der Waals surface area contributed by atoms with Gasteiger partial charge in [-0.2, -0.15) is 0 Å². The van der Waals surface area contributed by atoms with E-state index in [-0.39, 0.29) is 17.9 Å². The fourth-order valence-electron chi connectivity index (χ4n) is 1.67. The van der Waals surface area contributed by atoms with Gasteiger partial charge in [0, 0.05) is 6.04 Å². The van der Waals surface area contributed by atoms with Gasteiger partial charge in [0.05, 0.1) is 5.92 Å². The summed E-state index contributed by atoms with van der Waals surface area (Å²) in [7, 11) is 0. The summed E-state index contributed by atoms with van der Waals surface area (Å²) in [6.07, 6.45) is 1.89. The molecule has 2 N–H and O–H groups in total. The molecule has 0 bridgehead atoms. The Morgan fingerprint density at radius 3 is 2.64 bits per heavy atom. The zero-order valence-corrected chi connectivity index (χ0v) is 8.04. The quantitative estimate of drug-likeness (QED) is 0.626. The first-order valence-corrected chi connectivity index (χ1v) is 4.59. The van der Waals surface area contributed by atoms with E-state index in [1.54, 1.807) is 6.92 Å². The summed E-state index contributed by atoms with van der Waals surface area (Å²) in [5, 5.41) is 11.4. The maximum Gasteiger partial charge on any atom is 0.306 e. The van der Waals surface area contributed by atoms with Gasteiger partial charge in [-0.05, 0) is 32.1 Å². The molecule has 0 aromatic heterocycles. The Kier molecular flexibility index (Phi) is 3.52. The van der Waals surface area contributed by atoms with Gasteiger partial charge in [-0.15, -0.1) is 0 Å². The first-order valence-electron chi connectivity index (χ1n) is 4.59. The molecular weight excluding hydrogens is 182 g/mol. The smallest absolute Gasteiger partial charge is 0.306 e. The van der Waals surface area contributed by atoms with Crippen molar-refractivity contribution in [3.8, 4) is 11.8 Å². The average molecular weight is 195 g/mol. The fourth-order valence-corrected chi connectivity index (χ4v) is 1.67. The molecule has 1 aliphatic carbocycles.